The Kier molecular flexibility index (Phi) is 3.33. The van der Waals surface area contributed by atoms with Gasteiger partial charge in [0.15, 0.2) is 5.13 Å². The van der Waals surface area contributed by atoms with Crippen LogP contribution in [0.2, 0.25) is 0 Å². The molecule has 19 heavy (non-hydrogen) atoms. The number of furan rings is 1. The van der Waals surface area contributed by atoms with Crippen LogP contribution < -0.4 is 4.90 Å². The Morgan fingerprint density at radius 2 is 2.42 bits per heavy atom. The normalized spacial score (nSPS) is 18.4. The van der Waals surface area contributed by atoms with Crippen LogP contribution >= 0.6 is 11.3 Å². The molecular weight excluding hydrogens is 260 g/mol. The van der Waals surface area contributed by atoms with Gasteiger partial charge in [-0.25, -0.2) is 4.98 Å². The van der Waals surface area contributed by atoms with E-state index in [-0.39, 0.29) is 6.10 Å². The van der Waals surface area contributed by atoms with Gasteiger partial charge in [-0.1, -0.05) is 11.3 Å². The van der Waals surface area contributed by atoms with Crippen LogP contribution in [0.15, 0.2) is 16.7 Å². The molecule has 0 amide bonds. The Hall–Kier alpha value is -1.33. The third-order valence-electron chi connectivity index (χ3n) is 3.61. The molecule has 0 saturated carbocycles. The lowest BCUT2D eigenvalue weighted by Crippen LogP contribution is -2.16. The van der Waals surface area contributed by atoms with E-state index in [1.165, 1.54) is 5.56 Å². The number of aliphatic hydroxyl groups is 1. The first-order chi connectivity index (χ1) is 9.15. The summed E-state index contributed by atoms with van der Waals surface area (Å²) in [5, 5.41) is 11.0. The molecular formula is C14H18N2O2S. The first-order valence-electron chi connectivity index (χ1n) is 6.57. The van der Waals surface area contributed by atoms with E-state index in [0.717, 1.165) is 47.3 Å². The highest BCUT2D eigenvalue weighted by molar-refractivity contribution is 7.15. The summed E-state index contributed by atoms with van der Waals surface area (Å²) in [5.41, 5.74) is 2.26. The fraction of sp³-hybridized carbons (Fsp3) is 0.500. The molecule has 1 atom stereocenters. The zero-order valence-electron chi connectivity index (χ0n) is 11.2. The largest absolute Gasteiger partial charge is 0.469 e. The Balaban J connectivity index is 1.81. The van der Waals surface area contributed by atoms with E-state index in [1.54, 1.807) is 17.6 Å². The van der Waals surface area contributed by atoms with E-state index in [4.69, 9.17) is 4.42 Å². The van der Waals surface area contributed by atoms with Crippen LogP contribution in [0.1, 0.15) is 40.8 Å². The minimum atomic E-state index is -0.320. The predicted molar refractivity (Wildman–Crippen MR) is 75.6 cm³/mol. The average Bonchev–Trinajstić information content (AvgIpc) is 2.97. The van der Waals surface area contributed by atoms with Crippen LogP contribution in [0.25, 0.3) is 0 Å². The Bertz CT molecular complexity index is 576. The molecule has 0 aromatic carbocycles. The van der Waals surface area contributed by atoms with Gasteiger partial charge in [0.05, 0.1) is 22.9 Å². The number of hydrogen-bond acceptors (Lipinski definition) is 5. The van der Waals surface area contributed by atoms with E-state index in [1.807, 2.05) is 20.0 Å². The molecule has 102 valence electrons. The quantitative estimate of drug-likeness (QED) is 0.937. The Morgan fingerprint density at radius 1 is 1.58 bits per heavy atom. The number of hydrogen-bond donors (Lipinski definition) is 1. The maximum Gasteiger partial charge on any atom is 0.185 e. The van der Waals surface area contributed by atoms with Gasteiger partial charge in [-0.05, 0) is 32.3 Å². The lowest BCUT2D eigenvalue weighted by atomic mass is 10.0. The number of anilines is 1. The van der Waals surface area contributed by atoms with E-state index in [9.17, 15) is 5.11 Å². The first-order valence-corrected chi connectivity index (χ1v) is 7.38. The molecule has 2 heterocycles. The van der Waals surface area contributed by atoms with Crippen molar-refractivity contribution in [2.75, 3.05) is 11.9 Å². The van der Waals surface area contributed by atoms with Crippen molar-refractivity contribution < 1.29 is 9.52 Å². The second-order valence-corrected chi connectivity index (χ2v) is 6.08. The van der Waals surface area contributed by atoms with Gasteiger partial charge in [-0.3, -0.25) is 0 Å². The first kappa shape index (κ1) is 12.7. The van der Waals surface area contributed by atoms with E-state index < -0.39 is 0 Å². The van der Waals surface area contributed by atoms with Crippen molar-refractivity contribution in [2.45, 2.75) is 38.8 Å². The molecule has 0 saturated heterocycles. The standard InChI is InChI=1S/C14H18N2O2S/c1-9-10(6-7-18-9)8-16(2)14-15-11-4-3-5-12(17)13(11)19-14/h6-7,12,17H,3-5,8H2,1-2H3. The molecule has 0 bridgehead atoms. The SMILES string of the molecule is Cc1occc1CN(C)c1nc2c(s1)C(O)CCC2. The molecule has 1 aliphatic carbocycles. The summed E-state index contributed by atoms with van der Waals surface area (Å²) < 4.78 is 5.32. The minimum absolute atomic E-state index is 0.320. The van der Waals surface area contributed by atoms with E-state index in [0.29, 0.717) is 0 Å². The number of fused-ring (bicyclic) bond motifs is 1. The lowest BCUT2D eigenvalue weighted by Gasteiger charge is -2.15. The molecule has 0 spiro atoms. The zero-order chi connectivity index (χ0) is 13.4. The smallest absolute Gasteiger partial charge is 0.185 e. The maximum absolute atomic E-state index is 9.99. The monoisotopic (exact) mass is 278 g/mol. The van der Waals surface area contributed by atoms with Crippen molar-refractivity contribution >= 4 is 16.5 Å². The molecule has 0 radical (unpaired) electrons. The van der Waals surface area contributed by atoms with Crippen molar-refractivity contribution in [3.63, 3.8) is 0 Å². The van der Waals surface area contributed by atoms with Gasteiger partial charge in [-0.15, -0.1) is 0 Å². The molecule has 4 nitrogen and oxygen atoms in total. The van der Waals surface area contributed by atoms with Gasteiger partial charge in [0, 0.05) is 19.2 Å². The summed E-state index contributed by atoms with van der Waals surface area (Å²) in [5.74, 6) is 0.952. The average molecular weight is 278 g/mol. The highest BCUT2D eigenvalue weighted by atomic mass is 32.1. The molecule has 0 aliphatic heterocycles. The molecule has 0 fully saturated rings. The van der Waals surface area contributed by atoms with Gasteiger partial charge in [0.25, 0.3) is 0 Å². The van der Waals surface area contributed by atoms with Crippen molar-refractivity contribution in [1.29, 1.82) is 0 Å². The van der Waals surface area contributed by atoms with Gasteiger partial charge in [0.1, 0.15) is 5.76 Å². The molecule has 1 aliphatic rings. The predicted octanol–water partition coefficient (Wildman–Crippen LogP) is 3.05. The number of aryl methyl sites for hydroxylation is 2. The molecule has 2 aromatic heterocycles. The number of aromatic nitrogens is 1. The van der Waals surface area contributed by atoms with Gasteiger partial charge >= 0.3 is 0 Å². The molecule has 3 rings (SSSR count). The minimum Gasteiger partial charge on any atom is -0.469 e. The maximum atomic E-state index is 9.99. The van der Waals surface area contributed by atoms with Crippen LogP contribution in [0, 0.1) is 6.92 Å². The fourth-order valence-corrected chi connectivity index (χ4v) is 3.54. The number of nitrogens with zero attached hydrogens (tertiary/aromatic N) is 2. The summed E-state index contributed by atoms with van der Waals surface area (Å²) in [7, 11) is 2.03. The van der Waals surface area contributed by atoms with Crippen molar-refractivity contribution in [3.8, 4) is 0 Å². The number of thiazole rings is 1. The summed E-state index contributed by atoms with van der Waals surface area (Å²) in [4.78, 5) is 7.84. The topological polar surface area (TPSA) is 49.5 Å². The molecule has 1 unspecified atom stereocenters. The van der Waals surface area contributed by atoms with Crippen LogP contribution in [0.3, 0.4) is 0 Å². The van der Waals surface area contributed by atoms with Gasteiger partial charge in [-0.2, -0.15) is 0 Å². The van der Waals surface area contributed by atoms with Crippen molar-refractivity contribution in [3.05, 3.63) is 34.2 Å². The van der Waals surface area contributed by atoms with Crippen LogP contribution in [-0.4, -0.2) is 17.1 Å². The third-order valence-corrected chi connectivity index (χ3v) is 4.92. The van der Waals surface area contributed by atoms with Gasteiger partial charge < -0.3 is 14.4 Å². The fourth-order valence-electron chi connectivity index (χ4n) is 2.45. The van der Waals surface area contributed by atoms with Crippen molar-refractivity contribution in [2.24, 2.45) is 0 Å². The molecule has 1 N–H and O–H groups in total. The highest BCUT2D eigenvalue weighted by Gasteiger charge is 2.24. The van der Waals surface area contributed by atoms with Crippen LogP contribution in [-0.2, 0) is 13.0 Å². The second-order valence-electron chi connectivity index (χ2n) is 5.07. The summed E-state index contributed by atoms with van der Waals surface area (Å²) in [6.07, 6.45) is 4.27. The zero-order valence-corrected chi connectivity index (χ0v) is 12.0. The molecule has 2 aromatic rings. The van der Waals surface area contributed by atoms with Crippen molar-refractivity contribution in [1.82, 2.24) is 4.98 Å². The number of aliphatic hydroxyl groups excluding tert-OH is 1. The summed E-state index contributed by atoms with van der Waals surface area (Å²) >= 11 is 1.61. The summed E-state index contributed by atoms with van der Waals surface area (Å²) in [6.45, 7) is 2.75. The van der Waals surface area contributed by atoms with Crippen LogP contribution in [0.5, 0.6) is 0 Å². The molecule has 5 heteroatoms. The Morgan fingerprint density at radius 3 is 3.11 bits per heavy atom. The second kappa shape index (κ2) is 4.98. The Labute approximate surface area is 116 Å². The lowest BCUT2D eigenvalue weighted by molar-refractivity contribution is 0.160. The van der Waals surface area contributed by atoms with E-state index in [2.05, 4.69) is 9.88 Å². The van der Waals surface area contributed by atoms with Crippen LogP contribution in [0.4, 0.5) is 5.13 Å². The highest BCUT2D eigenvalue weighted by Crippen LogP contribution is 2.37. The number of rotatable bonds is 3. The van der Waals surface area contributed by atoms with E-state index >= 15 is 0 Å². The van der Waals surface area contributed by atoms with Gasteiger partial charge in [0.2, 0.25) is 0 Å². The third kappa shape index (κ3) is 2.40. The summed E-state index contributed by atoms with van der Waals surface area (Å²) in [6, 6.07) is 1.99.